The molecule has 0 aliphatic rings. The van der Waals surface area contributed by atoms with E-state index in [-0.39, 0.29) is 0 Å². The normalized spacial score (nSPS) is 10.5. The van der Waals surface area contributed by atoms with Gasteiger partial charge in [0, 0.05) is 20.1 Å². The van der Waals surface area contributed by atoms with E-state index in [4.69, 9.17) is 0 Å². The lowest BCUT2D eigenvalue weighted by atomic mass is 10.3. The number of likely N-dealkylation sites (N-methyl/N-ethyl adjacent to an activating group) is 1. The van der Waals surface area contributed by atoms with Crippen molar-refractivity contribution in [3.05, 3.63) is 17.6 Å². The predicted molar refractivity (Wildman–Crippen MR) is 67.9 cm³/mol. The molecule has 4 nitrogen and oxygen atoms in total. The first kappa shape index (κ1) is 12.9. The average molecular weight is 222 g/mol. The molecule has 0 aromatic carbocycles. The highest BCUT2D eigenvalue weighted by Crippen LogP contribution is 2.09. The molecular formula is C12H22N4. The largest absolute Gasteiger partial charge is 0.357 e. The van der Waals surface area contributed by atoms with Crippen LogP contribution >= 0.6 is 0 Å². The lowest BCUT2D eigenvalue weighted by Crippen LogP contribution is -2.30. The molecule has 0 fully saturated rings. The minimum Gasteiger partial charge on any atom is -0.357 e. The Morgan fingerprint density at radius 2 is 2.00 bits per heavy atom. The number of anilines is 1. The first-order valence-corrected chi connectivity index (χ1v) is 5.87. The third-order valence-corrected chi connectivity index (χ3v) is 2.62. The summed E-state index contributed by atoms with van der Waals surface area (Å²) in [7, 11) is 2.05. The molecule has 4 heteroatoms. The van der Waals surface area contributed by atoms with Gasteiger partial charge in [-0.2, -0.15) is 0 Å². The average Bonchev–Trinajstić information content (AvgIpc) is 2.28. The van der Waals surface area contributed by atoms with Gasteiger partial charge in [0.25, 0.3) is 0 Å². The Bertz CT molecular complexity index is 325. The molecule has 1 heterocycles. The van der Waals surface area contributed by atoms with E-state index >= 15 is 0 Å². The first-order valence-electron chi connectivity index (χ1n) is 5.87. The van der Waals surface area contributed by atoms with Crippen LogP contribution in [0.2, 0.25) is 0 Å². The van der Waals surface area contributed by atoms with Crippen LogP contribution < -0.4 is 10.2 Å². The van der Waals surface area contributed by atoms with Gasteiger partial charge < -0.3 is 10.2 Å². The summed E-state index contributed by atoms with van der Waals surface area (Å²) in [6.07, 6.45) is 3.01. The van der Waals surface area contributed by atoms with E-state index < -0.39 is 0 Å². The lowest BCUT2D eigenvalue weighted by Gasteiger charge is -2.18. The molecule has 0 saturated carbocycles. The fourth-order valence-electron chi connectivity index (χ4n) is 1.38. The minimum atomic E-state index is 0.946. The van der Waals surface area contributed by atoms with Gasteiger partial charge in [-0.3, -0.25) is 4.98 Å². The van der Waals surface area contributed by atoms with Crippen LogP contribution in [-0.4, -0.2) is 36.6 Å². The molecule has 0 saturated heterocycles. The van der Waals surface area contributed by atoms with Crippen molar-refractivity contribution in [2.45, 2.75) is 27.2 Å². The van der Waals surface area contributed by atoms with E-state index in [1.54, 1.807) is 0 Å². The van der Waals surface area contributed by atoms with Crippen molar-refractivity contribution in [1.82, 2.24) is 15.3 Å². The van der Waals surface area contributed by atoms with Crippen molar-refractivity contribution in [2.75, 3.05) is 31.6 Å². The highest BCUT2D eigenvalue weighted by atomic mass is 15.2. The molecule has 0 bridgehead atoms. The highest BCUT2D eigenvalue weighted by molar-refractivity contribution is 5.36. The molecule has 1 aromatic heterocycles. The molecule has 0 atom stereocenters. The Kier molecular flexibility index (Phi) is 5.19. The smallest absolute Gasteiger partial charge is 0.147 e. The summed E-state index contributed by atoms with van der Waals surface area (Å²) in [5.74, 6) is 0.946. The van der Waals surface area contributed by atoms with Crippen LogP contribution in [0.3, 0.4) is 0 Å². The van der Waals surface area contributed by atoms with E-state index in [1.807, 2.05) is 27.1 Å². The zero-order valence-corrected chi connectivity index (χ0v) is 10.7. The van der Waals surface area contributed by atoms with Gasteiger partial charge in [0.05, 0.1) is 17.6 Å². The molecular weight excluding hydrogens is 200 g/mol. The summed E-state index contributed by atoms with van der Waals surface area (Å²) in [5, 5.41) is 3.37. The van der Waals surface area contributed by atoms with E-state index in [1.165, 1.54) is 6.42 Å². The summed E-state index contributed by atoms with van der Waals surface area (Å²) in [6.45, 7) is 9.16. The molecule has 90 valence electrons. The molecule has 16 heavy (non-hydrogen) atoms. The second-order valence-corrected chi connectivity index (χ2v) is 4.07. The third kappa shape index (κ3) is 3.77. The molecule has 0 amide bonds. The monoisotopic (exact) mass is 222 g/mol. The van der Waals surface area contributed by atoms with Crippen LogP contribution in [0.1, 0.15) is 24.7 Å². The topological polar surface area (TPSA) is 41.0 Å². The number of nitrogens with zero attached hydrogens (tertiary/aromatic N) is 3. The van der Waals surface area contributed by atoms with Crippen LogP contribution in [0, 0.1) is 13.8 Å². The first-order chi connectivity index (χ1) is 7.65. The molecule has 0 spiro atoms. The van der Waals surface area contributed by atoms with Crippen LogP contribution in [0.4, 0.5) is 5.82 Å². The van der Waals surface area contributed by atoms with Gasteiger partial charge in [-0.25, -0.2) is 4.98 Å². The summed E-state index contributed by atoms with van der Waals surface area (Å²) in [4.78, 5) is 11.0. The van der Waals surface area contributed by atoms with Crippen LogP contribution in [0.25, 0.3) is 0 Å². The minimum absolute atomic E-state index is 0.946. The Morgan fingerprint density at radius 3 is 2.62 bits per heavy atom. The summed E-state index contributed by atoms with van der Waals surface area (Å²) >= 11 is 0. The van der Waals surface area contributed by atoms with E-state index in [2.05, 4.69) is 27.1 Å². The third-order valence-electron chi connectivity index (χ3n) is 2.62. The van der Waals surface area contributed by atoms with Gasteiger partial charge in [-0.05, 0) is 26.8 Å². The molecule has 0 unspecified atom stereocenters. The van der Waals surface area contributed by atoms with Crippen molar-refractivity contribution >= 4 is 5.82 Å². The van der Waals surface area contributed by atoms with Crippen molar-refractivity contribution in [3.63, 3.8) is 0 Å². The summed E-state index contributed by atoms with van der Waals surface area (Å²) in [6, 6.07) is 0. The molecule has 1 aromatic rings. The number of rotatable bonds is 6. The van der Waals surface area contributed by atoms with Crippen molar-refractivity contribution < 1.29 is 0 Å². The molecule has 0 radical (unpaired) electrons. The van der Waals surface area contributed by atoms with E-state index in [0.717, 1.165) is 36.8 Å². The maximum atomic E-state index is 4.51. The zero-order chi connectivity index (χ0) is 12.0. The standard InChI is InChI=1S/C12H22N4/c1-5-6-13-7-8-16(4)12-9-14-10(2)11(3)15-12/h9,13H,5-8H2,1-4H3. The maximum absolute atomic E-state index is 4.51. The zero-order valence-electron chi connectivity index (χ0n) is 10.7. The van der Waals surface area contributed by atoms with Gasteiger partial charge in [0.1, 0.15) is 5.82 Å². The van der Waals surface area contributed by atoms with E-state index in [0.29, 0.717) is 0 Å². The second kappa shape index (κ2) is 6.43. The summed E-state index contributed by atoms with van der Waals surface area (Å²) in [5.41, 5.74) is 2.01. The fraction of sp³-hybridized carbons (Fsp3) is 0.667. The fourth-order valence-corrected chi connectivity index (χ4v) is 1.38. The van der Waals surface area contributed by atoms with Gasteiger partial charge in [0.15, 0.2) is 0 Å². The molecule has 0 aliphatic heterocycles. The molecule has 0 aliphatic carbocycles. The molecule has 1 rings (SSSR count). The lowest BCUT2D eigenvalue weighted by molar-refractivity contribution is 0.663. The number of hydrogen-bond donors (Lipinski definition) is 1. The van der Waals surface area contributed by atoms with Crippen LogP contribution in [0.5, 0.6) is 0 Å². The number of nitrogens with one attached hydrogen (secondary N) is 1. The number of aryl methyl sites for hydroxylation is 2. The highest BCUT2D eigenvalue weighted by Gasteiger charge is 2.04. The van der Waals surface area contributed by atoms with Crippen molar-refractivity contribution in [1.29, 1.82) is 0 Å². The van der Waals surface area contributed by atoms with Gasteiger partial charge in [-0.1, -0.05) is 6.92 Å². The van der Waals surface area contributed by atoms with Crippen LogP contribution in [0.15, 0.2) is 6.20 Å². The second-order valence-electron chi connectivity index (χ2n) is 4.07. The quantitative estimate of drug-likeness (QED) is 0.741. The number of aromatic nitrogens is 2. The summed E-state index contributed by atoms with van der Waals surface area (Å²) < 4.78 is 0. The molecule has 1 N–H and O–H groups in total. The Balaban J connectivity index is 2.46. The Hall–Kier alpha value is -1.16. The Morgan fingerprint density at radius 1 is 1.25 bits per heavy atom. The maximum Gasteiger partial charge on any atom is 0.147 e. The van der Waals surface area contributed by atoms with Crippen LogP contribution in [-0.2, 0) is 0 Å². The number of hydrogen-bond acceptors (Lipinski definition) is 4. The van der Waals surface area contributed by atoms with Gasteiger partial charge >= 0.3 is 0 Å². The van der Waals surface area contributed by atoms with E-state index in [9.17, 15) is 0 Å². The predicted octanol–water partition coefficient (Wildman–Crippen LogP) is 1.53. The van der Waals surface area contributed by atoms with Crippen molar-refractivity contribution in [2.24, 2.45) is 0 Å². The SMILES string of the molecule is CCCNCCN(C)c1cnc(C)c(C)n1. The van der Waals surface area contributed by atoms with Gasteiger partial charge in [0.2, 0.25) is 0 Å². The Labute approximate surface area is 98.1 Å². The van der Waals surface area contributed by atoms with Gasteiger partial charge in [-0.15, -0.1) is 0 Å². The van der Waals surface area contributed by atoms with Crippen molar-refractivity contribution in [3.8, 4) is 0 Å².